The first kappa shape index (κ1) is 22.2. The zero-order valence-corrected chi connectivity index (χ0v) is 18.1. The molecule has 0 aromatic heterocycles. The summed E-state index contributed by atoms with van der Waals surface area (Å²) in [5, 5.41) is 2.91. The Bertz CT molecular complexity index is 734. The fourth-order valence-electron chi connectivity index (χ4n) is 2.59. The number of rotatable bonds is 12. The molecule has 1 amide bonds. The van der Waals surface area contributed by atoms with Gasteiger partial charge in [-0.15, -0.1) is 0 Å². The second-order valence-corrected chi connectivity index (χ2v) is 7.29. The standard InChI is InChI=1S/C22H28BrNO4/c1-3-4-5-6-13-28-21-12-7-17(23)16-20(21)22(25)24-18-8-10-19(11-9-18)27-15-14-26-2/h7-12,16H,3-6,13-15H2,1-2H3,(H,24,25). The van der Waals surface area contributed by atoms with Crippen LogP contribution in [0.5, 0.6) is 11.5 Å². The van der Waals surface area contributed by atoms with Gasteiger partial charge in [0.2, 0.25) is 0 Å². The SMILES string of the molecule is CCCCCCOc1ccc(Br)cc1C(=O)Nc1ccc(OCCOC)cc1. The molecule has 0 aliphatic heterocycles. The monoisotopic (exact) mass is 449 g/mol. The Kier molecular flexibility index (Phi) is 9.86. The lowest BCUT2D eigenvalue weighted by Crippen LogP contribution is -2.14. The largest absolute Gasteiger partial charge is 0.493 e. The minimum absolute atomic E-state index is 0.210. The van der Waals surface area contributed by atoms with Crippen molar-refractivity contribution >= 4 is 27.5 Å². The second-order valence-electron chi connectivity index (χ2n) is 6.37. The topological polar surface area (TPSA) is 56.8 Å². The first-order valence-electron chi connectivity index (χ1n) is 9.59. The van der Waals surface area contributed by atoms with E-state index >= 15 is 0 Å². The number of anilines is 1. The van der Waals surface area contributed by atoms with Gasteiger partial charge < -0.3 is 19.5 Å². The number of unbranched alkanes of at least 4 members (excludes halogenated alkanes) is 3. The van der Waals surface area contributed by atoms with E-state index in [0.29, 0.717) is 36.8 Å². The van der Waals surface area contributed by atoms with Crippen LogP contribution in [-0.2, 0) is 4.74 Å². The summed E-state index contributed by atoms with van der Waals surface area (Å²) in [5.41, 5.74) is 1.20. The zero-order valence-electron chi connectivity index (χ0n) is 16.5. The molecule has 0 bridgehead atoms. The Hall–Kier alpha value is -2.05. The summed E-state index contributed by atoms with van der Waals surface area (Å²) in [4.78, 5) is 12.8. The van der Waals surface area contributed by atoms with Gasteiger partial charge in [0.25, 0.3) is 5.91 Å². The average Bonchev–Trinajstić information content (AvgIpc) is 2.70. The summed E-state index contributed by atoms with van der Waals surface area (Å²) in [6.45, 7) is 3.80. The molecule has 0 aliphatic carbocycles. The Labute approximate surface area is 175 Å². The molecular formula is C22H28BrNO4. The lowest BCUT2D eigenvalue weighted by atomic mass is 10.1. The molecule has 0 fully saturated rings. The van der Waals surface area contributed by atoms with Gasteiger partial charge in [-0.1, -0.05) is 42.1 Å². The quantitative estimate of drug-likeness (QED) is 0.423. The van der Waals surface area contributed by atoms with Gasteiger partial charge in [-0.3, -0.25) is 4.79 Å². The molecule has 1 N–H and O–H groups in total. The molecular weight excluding hydrogens is 422 g/mol. The van der Waals surface area contributed by atoms with Crippen LogP contribution in [0.15, 0.2) is 46.9 Å². The van der Waals surface area contributed by atoms with E-state index < -0.39 is 0 Å². The molecule has 0 unspecified atom stereocenters. The lowest BCUT2D eigenvalue weighted by Gasteiger charge is -2.13. The van der Waals surface area contributed by atoms with Crippen molar-refractivity contribution in [2.24, 2.45) is 0 Å². The van der Waals surface area contributed by atoms with Crippen LogP contribution in [0.3, 0.4) is 0 Å². The van der Waals surface area contributed by atoms with E-state index in [0.717, 1.165) is 23.1 Å². The maximum Gasteiger partial charge on any atom is 0.259 e. The van der Waals surface area contributed by atoms with Crippen molar-refractivity contribution in [1.82, 2.24) is 0 Å². The second kappa shape index (κ2) is 12.4. The van der Waals surface area contributed by atoms with Gasteiger partial charge in [-0.25, -0.2) is 0 Å². The maximum absolute atomic E-state index is 12.8. The van der Waals surface area contributed by atoms with E-state index in [2.05, 4.69) is 28.2 Å². The van der Waals surface area contributed by atoms with Gasteiger partial charge in [-0.05, 0) is 48.9 Å². The Morgan fingerprint density at radius 3 is 2.46 bits per heavy atom. The van der Waals surface area contributed by atoms with E-state index in [4.69, 9.17) is 14.2 Å². The number of nitrogens with one attached hydrogen (secondary N) is 1. The molecule has 5 nitrogen and oxygen atoms in total. The van der Waals surface area contributed by atoms with Crippen LogP contribution in [0.25, 0.3) is 0 Å². The van der Waals surface area contributed by atoms with Crippen molar-refractivity contribution < 1.29 is 19.0 Å². The summed E-state index contributed by atoms with van der Waals surface area (Å²) in [6, 6.07) is 12.7. The third-order valence-electron chi connectivity index (χ3n) is 4.11. The lowest BCUT2D eigenvalue weighted by molar-refractivity contribution is 0.102. The number of ether oxygens (including phenoxy) is 3. The summed E-state index contributed by atoms with van der Waals surface area (Å²) < 4.78 is 17.2. The number of benzene rings is 2. The number of carbonyl (C=O) groups is 1. The van der Waals surface area contributed by atoms with Crippen LogP contribution in [0.4, 0.5) is 5.69 Å². The minimum atomic E-state index is -0.210. The van der Waals surface area contributed by atoms with Crippen molar-refractivity contribution in [1.29, 1.82) is 0 Å². The van der Waals surface area contributed by atoms with E-state index in [1.54, 1.807) is 13.2 Å². The van der Waals surface area contributed by atoms with E-state index in [1.807, 2.05) is 36.4 Å². The predicted octanol–water partition coefficient (Wildman–Crippen LogP) is 5.69. The van der Waals surface area contributed by atoms with Crippen LogP contribution >= 0.6 is 15.9 Å². The number of methoxy groups -OCH3 is 1. The molecule has 2 aromatic rings. The molecule has 0 radical (unpaired) electrons. The minimum Gasteiger partial charge on any atom is -0.493 e. The molecule has 0 spiro atoms. The first-order valence-corrected chi connectivity index (χ1v) is 10.4. The maximum atomic E-state index is 12.8. The van der Waals surface area contributed by atoms with Crippen molar-refractivity contribution in [2.75, 3.05) is 32.2 Å². The molecule has 0 aliphatic rings. The average molecular weight is 450 g/mol. The molecule has 0 saturated heterocycles. The third kappa shape index (κ3) is 7.52. The molecule has 0 heterocycles. The van der Waals surface area contributed by atoms with Crippen molar-refractivity contribution in [3.05, 3.63) is 52.5 Å². The van der Waals surface area contributed by atoms with Crippen LogP contribution in [0.1, 0.15) is 43.0 Å². The van der Waals surface area contributed by atoms with Crippen LogP contribution in [0.2, 0.25) is 0 Å². The van der Waals surface area contributed by atoms with Gasteiger partial charge in [-0.2, -0.15) is 0 Å². The first-order chi connectivity index (χ1) is 13.6. The van der Waals surface area contributed by atoms with Gasteiger partial charge in [0.1, 0.15) is 18.1 Å². The van der Waals surface area contributed by atoms with E-state index in [1.165, 1.54) is 12.8 Å². The molecule has 2 rings (SSSR count). The van der Waals surface area contributed by atoms with E-state index in [9.17, 15) is 4.79 Å². The highest BCUT2D eigenvalue weighted by Gasteiger charge is 2.14. The normalized spacial score (nSPS) is 10.5. The van der Waals surface area contributed by atoms with Crippen LogP contribution < -0.4 is 14.8 Å². The number of amides is 1. The molecule has 0 atom stereocenters. The smallest absolute Gasteiger partial charge is 0.259 e. The molecule has 0 saturated carbocycles. The van der Waals surface area contributed by atoms with Crippen molar-refractivity contribution in [2.45, 2.75) is 32.6 Å². The zero-order chi connectivity index (χ0) is 20.2. The van der Waals surface area contributed by atoms with Gasteiger partial charge in [0.15, 0.2) is 0 Å². The molecule has 28 heavy (non-hydrogen) atoms. The number of hydrogen-bond donors (Lipinski definition) is 1. The van der Waals surface area contributed by atoms with Crippen molar-refractivity contribution in [3.63, 3.8) is 0 Å². The Balaban J connectivity index is 1.97. The van der Waals surface area contributed by atoms with Crippen LogP contribution in [-0.4, -0.2) is 32.8 Å². The number of halogens is 1. The summed E-state index contributed by atoms with van der Waals surface area (Å²) in [6.07, 6.45) is 4.49. The fraction of sp³-hybridized carbons (Fsp3) is 0.409. The van der Waals surface area contributed by atoms with E-state index in [-0.39, 0.29) is 5.91 Å². The Morgan fingerprint density at radius 2 is 1.75 bits per heavy atom. The molecule has 6 heteroatoms. The highest BCUT2D eigenvalue weighted by molar-refractivity contribution is 9.10. The van der Waals surface area contributed by atoms with Gasteiger partial charge >= 0.3 is 0 Å². The fourth-order valence-corrected chi connectivity index (χ4v) is 2.95. The predicted molar refractivity (Wildman–Crippen MR) is 116 cm³/mol. The molecule has 2 aromatic carbocycles. The van der Waals surface area contributed by atoms with Gasteiger partial charge in [0, 0.05) is 17.3 Å². The number of carbonyl (C=O) groups excluding carboxylic acids is 1. The summed E-state index contributed by atoms with van der Waals surface area (Å²) in [5.74, 6) is 1.11. The highest BCUT2D eigenvalue weighted by atomic mass is 79.9. The summed E-state index contributed by atoms with van der Waals surface area (Å²) in [7, 11) is 1.63. The van der Waals surface area contributed by atoms with Gasteiger partial charge in [0.05, 0.1) is 18.8 Å². The molecule has 152 valence electrons. The highest BCUT2D eigenvalue weighted by Crippen LogP contribution is 2.25. The third-order valence-corrected chi connectivity index (χ3v) is 4.60. The number of hydrogen-bond acceptors (Lipinski definition) is 4. The van der Waals surface area contributed by atoms with Crippen LogP contribution in [0, 0.1) is 0 Å². The summed E-state index contributed by atoms with van der Waals surface area (Å²) >= 11 is 3.43. The van der Waals surface area contributed by atoms with Crippen molar-refractivity contribution in [3.8, 4) is 11.5 Å². The Morgan fingerprint density at radius 1 is 0.964 bits per heavy atom.